The molecule has 0 bridgehead atoms. The average Bonchev–Trinajstić information content (AvgIpc) is 2.84. The van der Waals surface area contributed by atoms with E-state index in [0.29, 0.717) is 0 Å². The Kier molecular flexibility index (Phi) is 2.90. The van der Waals surface area contributed by atoms with Crippen LogP contribution in [0, 0.1) is 11.8 Å². The van der Waals surface area contributed by atoms with Crippen molar-refractivity contribution >= 4 is 0 Å². The van der Waals surface area contributed by atoms with Gasteiger partial charge in [-0.1, -0.05) is 6.92 Å². The van der Waals surface area contributed by atoms with Crippen molar-refractivity contribution in [2.24, 2.45) is 11.8 Å². The standard InChI is InChI=1S/C13H22N4/c1-10-3-4-13-14-12(15-17(13)8-10)7-11-5-6-16(2)9-11/h10-11H,3-9H2,1-2H3. The third-order valence-corrected chi connectivity index (χ3v) is 4.10. The van der Waals surface area contributed by atoms with Crippen LogP contribution in [0.25, 0.3) is 0 Å². The van der Waals surface area contributed by atoms with Crippen molar-refractivity contribution in [3.63, 3.8) is 0 Å². The van der Waals surface area contributed by atoms with Crippen LogP contribution in [0.3, 0.4) is 0 Å². The van der Waals surface area contributed by atoms with Crippen molar-refractivity contribution in [3.8, 4) is 0 Å². The first-order valence-electron chi connectivity index (χ1n) is 6.82. The molecule has 0 saturated carbocycles. The van der Waals surface area contributed by atoms with Gasteiger partial charge >= 0.3 is 0 Å². The monoisotopic (exact) mass is 234 g/mol. The maximum Gasteiger partial charge on any atom is 0.151 e. The third-order valence-electron chi connectivity index (χ3n) is 4.10. The van der Waals surface area contributed by atoms with E-state index in [1.165, 1.54) is 31.8 Å². The SMILES string of the molecule is CC1CCc2nc(CC3CCN(C)C3)nn2C1. The number of nitrogens with zero attached hydrogens (tertiary/aromatic N) is 4. The summed E-state index contributed by atoms with van der Waals surface area (Å²) < 4.78 is 2.14. The summed E-state index contributed by atoms with van der Waals surface area (Å²) >= 11 is 0. The maximum atomic E-state index is 4.71. The predicted octanol–water partition coefficient (Wildman–Crippen LogP) is 1.35. The predicted molar refractivity (Wildman–Crippen MR) is 66.8 cm³/mol. The second-order valence-electron chi connectivity index (χ2n) is 5.89. The Labute approximate surface area is 103 Å². The molecule has 17 heavy (non-hydrogen) atoms. The molecule has 0 aromatic carbocycles. The van der Waals surface area contributed by atoms with Gasteiger partial charge in [-0.3, -0.25) is 0 Å². The van der Waals surface area contributed by atoms with Gasteiger partial charge in [-0.15, -0.1) is 0 Å². The van der Waals surface area contributed by atoms with Crippen LogP contribution in [0.2, 0.25) is 0 Å². The van der Waals surface area contributed by atoms with Crippen molar-refractivity contribution < 1.29 is 0 Å². The average molecular weight is 234 g/mol. The molecule has 1 fully saturated rings. The minimum absolute atomic E-state index is 0.759. The van der Waals surface area contributed by atoms with Gasteiger partial charge < -0.3 is 4.90 Å². The topological polar surface area (TPSA) is 34.0 Å². The summed E-state index contributed by atoms with van der Waals surface area (Å²) in [6.07, 6.45) is 4.75. The first kappa shape index (κ1) is 11.2. The number of hydrogen-bond donors (Lipinski definition) is 0. The second kappa shape index (κ2) is 4.41. The maximum absolute atomic E-state index is 4.71. The quantitative estimate of drug-likeness (QED) is 0.774. The fourth-order valence-electron chi connectivity index (χ4n) is 3.06. The Hall–Kier alpha value is -0.900. The number of hydrogen-bond acceptors (Lipinski definition) is 3. The Morgan fingerprint density at radius 3 is 2.94 bits per heavy atom. The molecule has 94 valence electrons. The van der Waals surface area contributed by atoms with E-state index in [1.807, 2.05) is 0 Å². The zero-order valence-corrected chi connectivity index (χ0v) is 10.9. The van der Waals surface area contributed by atoms with E-state index in [0.717, 1.165) is 37.0 Å². The van der Waals surface area contributed by atoms with E-state index in [1.54, 1.807) is 0 Å². The Morgan fingerprint density at radius 1 is 1.29 bits per heavy atom. The van der Waals surface area contributed by atoms with Crippen LogP contribution in [0.5, 0.6) is 0 Å². The van der Waals surface area contributed by atoms with Gasteiger partial charge in [0.2, 0.25) is 0 Å². The van der Waals surface area contributed by atoms with Gasteiger partial charge in [-0.2, -0.15) is 5.10 Å². The zero-order valence-electron chi connectivity index (χ0n) is 10.9. The number of aromatic nitrogens is 3. The summed E-state index contributed by atoms with van der Waals surface area (Å²) in [6.45, 7) is 5.80. The molecule has 4 heteroatoms. The Bertz CT molecular complexity index is 398. The van der Waals surface area contributed by atoms with Crippen LogP contribution in [-0.4, -0.2) is 39.8 Å². The van der Waals surface area contributed by atoms with Gasteiger partial charge in [-0.25, -0.2) is 9.67 Å². The smallest absolute Gasteiger partial charge is 0.151 e. The highest BCUT2D eigenvalue weighted by Crippen LogP contribution is 2.21. The molecule has 0 amide bonds. The van der Waals surface area contributed by atoms with Gasteiger partial charge in [0, 0.05) is 25.9 Å². The molecule has 0 N–H and O–H groups in total. The molecule has 0 radical (unpaired) electrons. The van der Waals surface area contributed by atoms with E-state index in [2.05, 4.69) is 28.7 Å². The van der Waals surface area contributed by atoms with Gasteiger partial charge in [0.25, 0.3) is 0 Å². The van der Waals surface area contributed by atoms with Crippen molar-refractivity contribution in [1.82, 2.24) is 19.7 Å². The molecule has 0 aliphatic carbocycles. The molecule has 4 nitrogen and oxygen atoms in total. The van der Waals surface area contributed by atoms with E-state index in [-0.39, 0.29) is 0 Å². The molecule has 2 aliphatic heterocycles. The minimum Gasteiger partial charge on any atom is -0.306 e. The molecule has 2 aliphatic rings. The summed E-state index contributed by atoms with van der Waals surface area (Å²) in [7, 11) is 2.20. The van der Waals surface area contributed by atoms with Crippen LogP contribution in [0.15, 0.2) is 0 Å². The first-order chi connectivity index (χ1) is 8.20. The van der Waals surface area contributed by atoms with Crippen molar-refractivity contribution in [2.45, 2.75) is 39.2 Å². The van der Waals surface area contributed by atoms with Crippen LogP contribution < -0.4 is 0 Å². The van der Waals surface area contributed by atoms with Gasteiger partial charge in [0.05, 0.1) is 0 Å². The van der Waals surface area contributed by atoms with Gasteiger partial charge in [0.1, 0.15) is 5.82 Å². The lowest BCUT2D eigenvalue weighted by Gasteiger charge is -2.17. The number of fused-ring (bicyclic) bond motifs is 1. The van der Waals surface area contributed by atoms with Crippen LogP contribution in [0.4, 0.5) is 0 Å². The molecule has 1 saturated heterocycles. The molecule has 3 rings (SSSR count). The molecular formula is C13H22N4. The van der Waals surface area contributed by atoms with Gasteiger partial charge in [0.15, 0.2) is 5.82 Å². The van der Waals surface area contributed by atoms with Crippen LogP contribution in [0.1, 0.15) is 31.4 Å². The molecule has 3 heterocycles. The normalized spacial score (nSPS) is 29.5. The molecule has 2 unspecified atom stereocenters. The largest absolute Gasteiger partial charge is 0.306 e. The van der Waals surface area contributed by atoms with Crippen LogP contribution in [-0.2, 0) is 19.4 Å². The van der Waals surface area contributed by atoms with E-state index in [9.17, 15) is 0 Å². The fraction of sp³-hybridized carbons (Fsp3) is 0.846. The lowest BCUT2D eigenvalue weighted by molar-refractivity contribution is 0.366. The van der Waals surface area contributed by atoms with Gasteiger partial charge in [-0.05, 0) is 38.3 Å². The number of rotatable bonds is 2. The molecular weight excluding hydrogens is 212 g/mol. The van der Waals surface area contributed by atoms with E-state index in [4.69, 9.17) is 4.98 Å². The van der Waals surface area contributed by atoms with Crippen LogP contribution >= 0.6 is 0 Å². The van der Waals surface area contributed by atoms with E-state index >= 15 is 0 Å². The summed E-state index contributed by atoms with van der Waals surface area (Å²) in [5.74, 6) is 3.82. The zero-order chi connectivity index (χ0) is 11.8. The number of aryl methyl sites for hydroxylation is 1. The third kappa shape index (κ3) is 2.37. The van der Waals surface area contributed by atoms with Crippen molar-refractivity contribution in [2.75, 3.05) is 20.1 Å². The minimum atomic E-state index is 0.759. The highest BCUT2D eigenvalue weighted by molar-refractivity contribution is 4.98. The van der Waals surface area contributed by atoms with Crippen molar-refractivity contribution in [1.29, 1.82) is 0 Å². The fourth-order valence-corrected chi connectivity index (χ4v) is 3.06. The van der Waals surface area contributed by atoms with Crippen molar-refractivity contribution in [3.05, 3.63) is 11.6 Å². The molecule has 1 aromatic heterocycles. The lowest BCUT2D eigenvalue weighted by atomic mass is 10.0. The molecule has 0 spiro atoms. The highest BCUT2D eigenvalue weighted by atomic mass is 15.4. The molecule has 1 aromatic rings. The lowest BCUT2D eigenvalue weighted by Crippen LogP contribution is -2.19. The summed E-state index contributed by atoms with van der Waals surface area (Å²) in [5, 5.41) is 4.68. The Morgan fingerprint density at radius 2 is 2.18 bits per heavy atom. The second-order valence-corrected chi connectivity index (χ2v) is 5.89. The number of likely N-dealkylation sites (tertiary alicyclic amines) is 1. The summed E-state index contributed by atoms with van der Waals surface area (Å²) in [4.78, 5) is 7.11. The summed E-state index contributed by atoms with van der Waals surface area (Å²) in [5.41, 5.74) is 0. The highest BCUT2D eigenvalue weighted by Gasteiger charge is 2.23. The molecule has 2 atom stereocenters. The first-order valence-corrected chi connectivity index (χ1v) is 6.82. The summed E-state index contributed by atoms with van der Waals surface area (Å²) in [6, 6.07) is 0. The van der Waals surface area contributed by atoms with E-state index < -0.39 is 0 Å². The Balaban J connectivity index is 1.68.